The van der Waals surface area contributed by atoms with Gasteiger partial charge in [-0.05, 0) is 31.2 Å². The average Bonchev–Trinajstić information content (AvgIpc) is 2.61. The van der Waals surface area contributed by atoms with Crippen LogP contribution in [-0.2, 0) is 4.79 Å². The van der Waals surface area contributed by atoms with Gasteiger partial charge in [0.15, 0.2) is 6.10 Å². The normalized spacial score (nSPS) is 11.1. The van der Waals surface area contributed by atoms with Gasteiger partial charge in [0.05, 0.1) is 35.4 Å². The number of carbonyl (C=O) groups excluding carboxylic acids is 1. The summed E-state index contributed by atoms with van der Waals surface area (Å²) in [5.41, 5.74) is 0.564. The lowest BCUT2D eigenvalue weighted by atomic mass is 10.2. The summed E-state index contributed by atoms with van der Waals surface area (Å²) < 4.78 is 10.6. The average molecular weight is 341 g/mol. The SMILES string of the molecule is COc1cc([N+](=O)[O-])ccc1NC(=O)[C@@H](C)Oc1cccc(C#N)c1. The van der Waals surface area contributed by atoms with Crippen molar-refractivity contribution in [1.29, 1.82) is 5.26 Å². The Hall–Kier alpha value is -3.60. The van der Waals surface area contributed by atoms with Gasteiger partial charge >= 0.3 is 0 Å². The highest BCUT2D eigenvalue weighted by Crippen LogP contribution is 2.29. The molecule has 1 atom stereocenters. The van der Waals surface area contributed by atoms with E-state index in [2.05, 4.69) is 5.32 Å². The highest BCUT2D eigenvalue weighted by molar-refractivity contribution is 5.95. The summed E-state index contributed by atoms with van der Waals surface area (Å²) in [6.45, 7) is 1.55. The Morgan fingerprint density at radius 1 is 1.32 bits per heavy atom. The van der Waals surface area contributed by atoms with Crippen LogP contribution >= 0.6 is 0 Å². The predicted octanol–water partition coefficient (Wildman–Crippen LogP) is 2.88. The Morgan fingerprint density at radius 3 is 2.72 bits per heavy atom. The lowest BCUT2D eigenvalue weighted by Gasteiger charge is -2.16. The molecule has 0 aromatic heterocycles. The van der Waals surface area contributed by atoms with E-state index in [4.69, 9.17) is 14.7 Å². The van der Waals surface area contributed by atoms with Gasteiger partial charge in [0, 0.05) is 6.07 Å². The van der Waals surface area contributed by atoms with Crippen molar-refractivity contribution >= 4 is 17.3 Å². The monoisotopic (exact) mass is 341 g/mol. The minimum absolute atomic E-state index is 0.146. The number of methoxy groups -OCH3 is 1. The Morgan fingerprint density at radius 2 is 2.08 bits per heavy atom. The molecule has 0 aliphatic heterocycles. The molecule has 2 rings (SSSR count). The van der Waals surface area contributed by atoms with Gasteiger partial charge in [0.2, 0.25) is 0 Å². The van der Waals surface area contributed by atoms with Crippen molar-refractivity contribution < 1.29 is 19.2 Å². The predicted molar refractivity (Wildman–Crippen MR) is 89.5 cm³/mol. The molecule has 0 radical (unpaired) electrons. The molecule has 0 spiro atoms. The number of nitro groups is 1. The third-order valence-corrected chi connectivity index (χ3v) is 3.30. The standard InChI is InChI=1S/C17H15N3O5/c1-11(25-14-5-3-4-12(8-14)10-18)17(21)19-15-7-6-13(20(22)23)9-16(15)24-2/h3-9,11H,1-2H3,(H,19,21)/t11-/m1/s1. The maximum absolute atomic E-state index is 12.3. The first kappa shape index (κ1) is 17.7. The number of ether oxygens (including phenoxy) is 2. The molecule has 1 amide bonds. The minimum atomic E-state index is -0.853. The molecule has 25 heavy (non-hydrogen) atoms. The lowest BCUT2D eigenvalue weighted by molar-refractivity contribution is -0.384. The van der Waals surface area contributed by atoms with Crippen LogP contribution in [0.5, 0.6) is 11.5 Å². The summed E-state index contributed by atoms with van der Waals surface area (Å²) in [4.78, 5) is 22.5. The molecule has 2 aromatic carbocycles. The number of nitro benzene ring substituents is 1. The summed E-state index contributed by atoms with van der Waals surface area (Å²) in [5.74, 6) is 0.0908. The second-order valence-corrected chi connectivity index (χ2v) is 5.03. The number of rotatable bonds is 6. The zero-order valence-electron chi connectivity index (χ0n) is 13.6. The number of benzene rings is 2. The number of hydrogen-bond donors (Lipinski definition) is 1. The van der Waals surface area contributed by atoms with Gasteiger partial charge in [-0.25, -0.2) is 0 Å². The van der Waals surface area contributed by atoms with E-state index in [0.29, 0.717) is 17.0 Å². The molecule has 8 nitrogen and oxygen atoms in total. The Labute approximate surface area is 143 Å². The molecule has 0 saturated carbocycles. The minimum Gasteiger partial charge on any atom is -0.494 e. The van der Waals surface area contributed by atoms with Gasteiger partial charge in [-0.15, -0.1) is 0 Å². The summed E-state index contributed by atoms with van der Waals surface area (Å²) in [6.07, 6.45) is -0.853. The van der Waals surface area contributed by atoms with E-state index in [1.807, 2.05) is 6.07 Å². The molecular formula is C17H15N3O5. The second kappa shape index (κ2) is 7.79. The van der Waals surface area contributed by atoms with Crippen LogP contribution in [0.2, 0.25) is 0 Å². The number of nitrogens with one attached hydrogen (secondary N) is 1. The van der Waals surface area contributed by atoms with Crippen LogP contribution in [0.15, 0.2) is 42.5 Å². The number of amides is 1. The van der Waals surface area contributed by atoms with Gasteiger partial charge in [-0.1, -0.05) is 6.07 Å². The fourth-order valence-electron chi connectivity index (χ4n) is 2.03. The van der Waals surface area contributed by atoms with E-state index in [-0.39, 0.29) is 11.4 Å². The topological polar surface area (TPSA) is 114 Å². The van der Waals surface area contributed by atoms with E-state index in [1.165, 1.54) is 31.4 Å². The number of hydrogen-bond acceptors (Lipinski definition) is 6. The number of nitriles is 1. The summed E-state index contributed by atoms with van der Waals surface area (Å²) >= 11 is 0. The first-order valence-electron chi connectivity index (χ1n) is 7.24. The highest BCUT2D eigenvalue weighted by Gasteiger charge is 2.18. The van der Waals surface area contributed by atoms with Crippen LogP contribution in [0.3, 0.4) is 0 Å². The first-order valence-corrected chi connectivity index (χ1v) is 7.24. The van der Waals surface area contributed by atoms with Crippen LogP contribution in [0.25, 0.3) is 0 Å². The highest BCUT2D eigenvalue weighted by atomic mass is 16.6. The van der Waals surface area contributed by atoms with E-state index in [0.717, 1.165) is 0 Å². The van der Waals surface area contributed by atoms with Crippen molar-refractivity contribution in [3.63, 3.8) is 0 Å². The Balaban J connectivity index is 2.10. The van der Waals surface area contributed by atoms with Gasteiger partial charge in [0.25, 0.3) is 11.6 Å². The fourth-order valence-corrected chi connectivity index (χ4v) is 2.03. The van der Waals surface area contributed by atoms with Gasteiger partial charge in [-0.3, -0.25) is 14.9 Å². The molecule has 0 fully saturated rings. The van der Waals surface area contributed by atoms with Gasteiger partial charge in [0.1, 0.15) is 11.5 Å². The largest absolute Gasteiger partial charge is 0.494 e. The third kappa shape index (κ3) is 4.45. The van der Waals surface area contributed by atoms with Crippen molar-refractivity contribution in [2.45, 2.75) is 13.0 Å². The number of anilines is 1. The van der Waals surface area contributed by atoms with Crippen molar-refractivity contribution in [2.75, 3.05) is 12.4 Å². The quantitative estimate of drug-likeness (QED) is 0.638. The molecule has 0 bridgehead atoms. The van der Waals surface area contributed by atoms with Gasteiger partial charge in [-0.2, -0.15) is 5.26 Å². The molecule has 0 saturated heterocycles. The molecule has 0 aliphatic carbocycles. The Bertz CT molecular complexity index is 844. The first-order chi connectivity index (χ1) is 11.9. The molecular weight excluding hydrogens is 326 g/mol. The third-order valence-electron chi connectivity index (χ3n) is 3.30. The zero-order chi connectivity index (χ0) is 18.4. The number of nitrogens with zero attached hydrogens (tertiary/aromatic N) is 2. The van der Waals surface area contributed by atoms with Crippen LogP contribution in [-0.4, -0.2) is 24.0 Å². The molecule has 2 aromatic rings. The summed E-state index contributed by atoms with van der Waals surface area (Å²) in [6, 6.07) is 12.3. The molecule has 8 heteroatoms. The number of carbonyl (C=O) groups is 1. The van der Waals surface area contributed by atoms with Crippen molar-refractivity contribution in [3.05, 3.63) is 58.1 Å². The second-order valence-electron chi connectivity index (χ2n) is 5.03. The Kier molecular flexibility index (Phi) is 5.53. The van der Waals surface area contributed by atoms with Crippen LogP contribution < -0.4 is 14.8 Å². The fraction of sp³-hybridized carbons (Fsp3) is 0.176. The van der Waals surface area contributed by atoms with E-state index in [9.17, 15) is 14.9 Å². The molecule has 1 N–H and O–H groups in total. The molecule has 0 heterocycles. The van der Waals surface area contributed by atoms with Crippen LogP contribution in [0.1, 0.15) is 12.5 Å². The van der Waals surface area contributed by atoms with E-state index >= 15 is 0 Å². The van der Waals surface area contributed by atoms with Crippen molar-refractivity contribution in [2.24, 2.45) is 0 Å². The molecule has 0 aliphatic rings. The van der Waals surface area contributed by atoms with E-state index < -0.39 is 16.9 Å². The van der Waals surface area contributed by atoms with Crippen molar-refractivity contribution in [3.8, 4) is 17.6 Å². The summed E-state index contributed by atoms with van der Waals surface area (Å²) in [5, 5.41) is 22.3. The maximum Gasteiger partial charge on any atom is 0.273 e. The smallest absolute Gasteiger partial charge is 0.273 e. The van der Waals surface area contributed by atoms with Crippen molar-refractivity contribution in [1.82, 2.24) is 0 Å². The van der Waals surface area contributed by atoms with Crippen LogP contribution in [0, 0.1) is 21.4 Å². The maximum atomic E-state index is 12.3. The number of non-ortho nitro benzene ring substituents is 1. The molecule has 0 unspecified atom stereocenters. The van der Waals surface area contributed by atoms with E-state index in [1.54, 1.807) is 25.1 Å². The lowest BCUT2D eigenvalue weighted by Crippen LogP contribution is -2.30. The molecule has 128 valence electrons. The van der Waals surface area contributed by atoms with Crippen LogP contribution in [0.4, 0.5) is 11.4 Å². The van der Waals surface area contributed by atoms with Gasteiger partial charge < -0.3 is 14.8 Å². The summed E-state index contributed by atoms with van der Waals surface area (Å²) in [7, 11) is 1.35. The zero-order valence-corrected chi connectivity index (χ0v) is 13.6.